The maximum absolute atomic E-state index is 12.0. The van der Waals surface area contributed by atoms with Crippen molar-refractivity contribution < 1.29 is 14.3 Å². The number of esters is 1. The van der Waals surface area contributed by atoms with E-state index in [0.717, 1.165) is 4.47 Å². The molecule has 0 saturated heterocycles. The van der Waals surface area contributed by atoms with Crippen molar-refractivity contribution in [1.82, 2.24) is 5.32 Å². The van der Waals surface area contributed by atoms with Crippen molar-refractivity contribution in [3.63, 3.8) is 0 Å². The Kier molecular flexibility index (Phi) is 7.48. The summed E-state index contributed by atoms with van der Waals surface area (Å²) in [5.74, 6) is -0.862. The number of carbonyl (C=O) groups is 2. The number of rotatable bonds is 4. The molecule has 1 unspecified atom stereocenters. The van der Waals surface area contributed by atoms with Crippen molar-refractivity contribution in [2.45, 2.75) is 19.4 Å². The molecule has 1 aromatic rings. The molecule has 1 aromatic carbocycles. The number of nitrogen functional groups attached to an aromatic ring is 1. The topological polar surface area (TPSA) is 81.4 Å². The van der Waals surface area contributed by atoms with Gasteiger partial charge in [0.25, 0.3) is 5.91 Å². The molecule has 1 amide bonds. The molecule has 19 heavy (non-hydrogen) atoms. The number of halogens is 2. The van der Waals surface area contributed by atoms with E-state index in [-0.39, 0.29) is 12.4 Å². The lowest BCUT2D eigenvalue weighted by atomic mass is 10.1. The van der Waals surface area contributed by atoms with Gasteiger partial charge in [-0.15, -0.1) is 12.4 Å². The molecule has 3 N–H and O–H groups in total. The lowest BCUT2D eigenvalue weighted by Gasteiger charge is -2.15. The first-order valence-corrected chi connectivity index (χ1v) is 6.22. The fraction of sp³-hybridized carbons (Fsp3) is 0.333. The van der Waals surface area contributed by atoms with Gasteiger partial charge in [-0.2, -0.15) is 0 Å². The number of hydrogen-bond donors (Lipinski definition) is 2. The minimum atomic E-state index is -0.662. The zero-order valence-electron chi connectivity index (χ0n) is 10.6. The third-order valence-electron chi connectivity index (χ3n) is 2.46. The highest BCUT2D eigenvalue weighted by atomic mass is 79.9. The van der Waals surface area contributed by atoms with Crippen LogP contribution in [0.25, 0.3) is 0 Å². The van der Waals surface area contributed by atoms with Gasteiger partial charge in [-0.1, -0.05) is 22.9 Å². The van der Waals surface area contributed by atoms with Crippen LogP contribution in [-0.2, 0) is 9.53 Å². The average molecular weight is 352 g/mol. The van der Waals surface area contributed by atoms with Gasteiger partial charge in [0, 0.05) is 10.2 Å². The maximum atomic E-state index is 12.0. The summed E-state index contributed by atoms with van der Waals surface area (Å²) in [5, 5.41) is 2.59. The Labute approximate surface area is 126 Å². The van der Waals surface area contributed by atoms with Crippen LogP contribution < -0.4 is 11.1 Å². The average Bonchev–Trinajstić information content (AvgIpc) is 2.34. The fourth-order valence-corrected chi connectivity index (χ4v) is 1.83. The summed E-state index contributed by atoms with van der Waals surface area (Å²) < 4.78 is 5.39. The van der Waals surface area contributed by atoms with Gasteiger partial charge in [0.1, 0.15) is 6.04 Å². The zero-order chi connectivity index (χ0) is 13.7. The van der Waals surface area contributed by atoms with Gasteiger partial charge in [-0.25, -0.2) is 4.79 Å². The molecule has 0 saturated carbocycles. The van der Waals surface area contributed by atoms with Gasteiger partial charge >= 0.3 is 5.97 Å². The molecule has 0 aliphatic rings. The number of amides is 1. The molecule has 1 atom stereocenters. The number of nitrogens with two attached hydrogens (primary N) is 1. The molecule has 0 heterocycles. The van der Waals surface area contributed by atoms with E-state index in [1.807, 2.05) is 0 Å². The molecule has 0 aliphatic heterocycles. The van der Waals surface area contributed by atoms with Crippen molar-refractivity contribution in [2.24, 2.45) is 0 Å². The van der Waals surface area contributed by atoms with E-state index in [0.29, 0.717) is 17.7 Å². The Morgan fingerprint density at radius 1 is 1.47 bits per heavy atom. The van der Waals surface area contributed by atoms with Gasteiger partial charge in [0.15, 0.2) is 0 Å². The molecular formula is C12H16BrClN2O3. The Morgan fingerprint density at radius 2 is 2.11 bits per heavy atom. The molecule has 0 spiro atoms. The first-order valence-electron chi connectivity index (χ1n) is 5.43. The SMILES string of the molecule is CCC(NC(=O)c1ccc(Br)cc1N)C(=O)OC.Cl. The monoisotopic (exact) mass is 350 g/mol. The lowest BCUT2D eigenvalue weighted by molar-refractivity contribution is -0.142. The smallest absolute Gasteiger partial charge is 0.328 e. The summed E-state index contributed by atoms with van der Waals surface area (Å²) in [4.78, 5) is 23.3. The van der Waals surface area contributed by atoms with E-state index in [9.17, 15) is 9.59 Å². The van der Waals surface area contributed by atoms with Crippen LogP contribution in [0.15, 0.2) is 22.7 Å². The molecule has 0 bridgehead atoms. The summed E-state index contributed by atoms with van der Waals surface area (Å²) in [7, 11) is 1.28. The quantitative estimate of drug-likeness (QED) is 0.643. The number of ether oxygens (including phenoxy) is 1. The van der Waals surface area contributed by atoms with Gasteiger partial charge in [0.2, 0.25) is 0 Å². The highest BCUT2D eigenvalue weighted by Gasteiger charge is 2.21. The van der Waals surface area contributed by atoms with E-state index < -0.39 is 17.9 Å². The third kappa shape index (κ3) is 4.72. The Morgan fingerprint density at radius 3 is 2.58 bits per heavy atom. The first kappa shape index (κ1) is 17.7. The summed E-state index contributed by atoms with van der Waals surface area (Å²) in [5.41, 5.74) is 6.42. The number of carbonyl (C=O) groups excluding carboxylic acids is 2. The van der Waals surface area contributed by atoms with Gasteiger partial charge in [0.05, 0.1) is 12.7 Å². The molecule has 7 heteroatoms. The molecule has 0 fully saturated rings. The molecule has 0 aliphatic carbocycles. The summed E-state index contributed by atoms with van der Waals surface area (Å²) in [6, 6.07) is 4.28. The second kappa shape index (κ2) is 8.01. The fourth-order valence-electron chi connectivity index (χ4n) is 1.45. The molecule has 5 nitrogen and oxygen atoms in total. The Hall–Kier alpha value is -1.27. The van der Waals surface area contributed by atoms with Crippen LogP contribution >= 0.6 is 28.3 Å². The van der Waals surface area contributed by atoms with E-state index >= 15 is 0 Å². The van der Waals surface area contributed by atoms with Crippen LogP contribution in [0.3, 0.4) is 0 Å². The number of methoxy groups -OCH3 is 1. The van der Waals surface area contributed by atoms with E-state index in [1.54, 1.807) is 25.1 Å². The number of anilines is 1. The molecule has 1 rings (SSSR count). The normalized spacial score (nSPS) is 11.1. The number of benzene rings is 1. The van der Waals surface area contributed by atoms with Crippen LogP contribution in [0.5, 0.6) is 0 Å². The largest absolute Gasteiger partial charge is 0.467 e. The van der Waals surface area contributed by atoms with E-state index in [1.165, 1.54) is 7.11 Å². The van der Waals surface area contributed by atoms with Crippen molar-refractivity contribution in [3.8, 4) is 0 Å². The second-order valence-electron chi connectivity index (χ2n) is 3.69. The Balaban J connectivity index is 0.00000324. The zero-order valence-corrected chi connectivity index (χ0v) is 13.0. The number of nitrogens with one attached hydrogen (secondary N) is 1. The number of hydrogen-bond acceptors (Lipinski definition) is 4. The Bertz CT molecular complexity index is 468. The predicted octanol–water partition coefficient (Wildman–Crippen LogP) is 2.13. The second-order valence-corrected chi connectivity index (χ2v) is 4.60. The van der Waals surface area contributed by atoms with Crippen molar-refractivity contribution in [1.29, 1.82) is 0 Å². The molecule has 106 valence electrons. The van der Waals surface area contributed by atoms with Gasteiger partial charge in [-0.3, -0.25) is 4.79 Å². The first-order chi connectivity index (χ1) is 8.49. The van der Waals surface area contributed by atoms with Crippen LogP contribution in [0.4, 0.5) is 5.69 Å². The van der Waals surface area contributed by atoms with Crippen LogP contribution in [0.2, 0.25) is 0 Å². The van der Waals surface area contributed by atoms with Crippen LogP contribution in [0.1, 0.15) is 23.7 Å². The van der Waals surface area contributed by atoms with Crippen LogP contribution in [-0.4, -0.2) is 25.0 Å². The van der Waals surface area contributed by atoms with E-state index in [4.69, 9.17) is 5.73 Å². The molecule has 0 radical (unpaired) electrons. The minimum absolute atomic E-state index is 0. The standard InChI is InChI=1S/C12H15BrN2O3.ClH/c1-3-10(12(17)18-2)15-11(16)8-5-4-7(13)6-9(8)14;/h4-6,10H,3,14H2,1-2H3,(H,15,16);1H. The van der Waals surface area contributed by atoms with Crippen LogP contribution in [0, 0.1) is 0 Å². The van der Waals surface area contributed by atoms with Crippen molar-refractivity contribution in [2.75, 3.05) is 12.8 Å². The maximum Gasteiger partial charge on any atom is 0.328 e. The predicted molar refractivity (Wildman–Crippen MR) is 79.4 cm³/mol. The highest BCUT2D eigenvalue weighted by Crippen LogP contribution is 2.18. The van der Waals surface area contributed by atoms with Crippen molar-refractivity contribution in [3.05, 3.63) is 28.2 Å². The summed E-state index contributed by atoms with van der Waals surface area (Å²) >= 11 is 3.26. The van der Waals surface area contributed by atoms with Gasteiger partial charge in [-0.05, 0) is 24.6 Å². The molecular weight excluding hydrogens is 336 g/mol. The third-order valence-corrected chi connectivity index (χ3v) is 2.95. The summed E-state index contributed by atoms with van der Waals surface area (Å²) in [6.07, 6.45) is 0.453. The van der Waals surface area contributed by atoms with E-state index in [2.05, 4.69) is 26.0 Å². The lowest BCUT2D eigenvalue weighted by Crippen LogP contribution is -2.41. The summed E-state index contributed by atoms with van der Waals surface area (Å²) in [6.45, 7) is 1.78. The van der Waals surface area contributed by atoms with Gasteiger partial charge < -0.3 is 15.8 Å². The molecule has 0 aromatic heterocycles. The minimum Gasteiger partial charge on any atom is -0.467 e. The van der Waals surface area contributed by atoms with Crippen molar-refractivity contribution >= 4 is 45.9 Å². The highest BCUT2D eigenvalue weighted by molar-refractivity contribution is 9.10.